The Labute approximate surface area is 77.2 Å². The maximum Gasteiger partial charge on any atom is 0.134 e. The molecule has 0 amide bonds. The second kappa shape index (κ2) is 3.47. The van der Waals surface area contributed by atoms with Gasteiger partial charge in [0, 0.05) is 18.7 Å². The van der Waals surface area contributed by atoms with Crippen molar-refractivity contribution in [3.63, 3.8) is 0 Å². The van der Waals surface area contributed by atoms with Gasteiger partial charge in [-0.1, -0.05) is 5.16 Å². The van der Waals surface area contributed by atoms with Gasteiger partial charge in [0.15, 0.2) is 0 Å². The zero-order valence-corrected chi connectivity index (χ0v) is 7.91. The minimum Gasteiger partial charge on any atom is -0.369 e. The summed E-state index contributed by atoms with van der Waals surface area (Å²) < 4.78 is 10.6. The number of aryl methyl sites for hydroxylation is 1. The van der Waals surface area contributed by atoms with Crippen molar-refractivity contribution in [3.05, 3.63) is 17.5 Å². The van der Waals surface area contributed by atoms with Gasteiger partial charge in [0.1, 0.15) is 17.6 Å². The molecule has 1 aromatic rings. The lowest BCUT2D eigenvalue weighted by atomic mass is 10.2. The lowest BCUT2D eigenvalue weighted by Crippen LogP contribution is -2.40. The Morgan fingerprint density at radius 3 is 3.00 bits per heavy atom. The summed E-state index contributed by atoms with van der Waals surface area (Å²) in [5, 5.41) is 7.26. The highest BCUT2D eigenvalue weighted by molar-refractivity contribution is 5.08. The topological polar surface area (TPSA) is 47.3 Å². The van der Waals surface area contributed by atoms with E-state index in [1.54, 1.807) is 0 Å². The quantitative estimate of drug-likeness (QED) is 0.704. The van der Waals surface area contributed by atoms with Crippen molar-refractivity contribution >= 4 is 0 Å². The molecule has 4 heteroatoms. The van der Waals surface area contributed by atoms with Crippen LogP contribution < -0.4 is 5.32 Å². The van der Waals surface area contributed by atoms with Crippen LogP contribution in [0.25, 0.3) is 0 Å². The van der Waals surface area contributed by atoms with Crippen molar-refractivity contribution in [1.82, 2.24) is 10.5 Å². The van der Waals surface area contributed by atoms with Gasteiger partial charge in [0.2, 0.25) is 0 Å². The first-order valence-electron chi connectivity index (χ1n) is 4.54. The van der Waals surface area contributed by atoms with Crippen LogP contribution in [0.4, 0.5) is 0 Å². The first-order valence-corrected chi connectivity index (χ1v) is 4.54. The fraction of sp³-hybridized carbons (Fsp3) is 0.667. The Bertz CT molecular complexity index is 277. The van der Waals surface area contributed by atoms with E-state index < -0.39 is 0 Å². The number of nitrogens with zero attached hydrogens (tertiary/aromatic N) is 1. The molecule has 0 spiro atoms. The van der Waals surface area contributed by atoms with Crippen molar-refractivity contribution in [2.24, 2.45) is 0 Å². The van der Waals surface area contributed by atoms with E-state index in [0.29, 0.717) is 6.04 Å². The Hall–Kier alpha value is -0.870. The number of ether oxygens (including phenoxy) is 1. The molecule has 0 aromatic carbocycles. The second-order valence-corrected chi connectivity index (χ2v) is 3.49. The Kier molecular flexibility index (Phi) is 2.33. The molecule has 2 unspecified atom stereocenters. The molecule has 1 N–H and O–H groups in total. The van der Waals surface area contributed by atoms with Crippen LogP contribution in [0.3, 0.4) is 0 Å². The third-order valence-electron chi connectivity index (χ3n) is 2.18. The van der Waals surface area contributed by atoms with E-state index >= 15 is 0 Å². The summed E-state index contributed by atoms with van der Waals surface area (Å²) in [5.41, 5.74) is 0.886. The third-order valence-corrected chi connectivity index (χ3v) is 2.18. The number of hydrogen-bond acceptors (Lipinski definition) is 4. The molecule has 1 saturated heterocycles. The average Bonchev–Trinajstić information content (AvgIpc) is 2.53. The van der Waals surface area contributed by atoms with Gasteiger partial charge in [-0.25, -0.2) is 0 Å². The smallest absolute Gasteiger partial charge is 0.134 e. The zero-order chi connectivity index (χ0) is 9.26. The van der Waals surface area contributed by atoms with Crippen LogP contribution in [-0.2, 0) is 4.74 Å². The standard InChI is InChI=1S/C9H14N2O2/c1-6-5-12-9(4-10-6)8-3-7(2)13-11-8/h3,6,9-10H,4-5H2,1-2H3. The van der Waals surface area contributed by atoms with E-state index in [0.717, 1.165) is 24.6 Å². The van der Waals surface area contributed by atoms with Crippen molar-refractivity contribution in [3.8, 4) is 0 Å². The van der Waals surface area contributed by atoms with E-state index in [9.17, 15) is 0 Å². The molecular weight excluding hydrogens is 168 g/mol. The summed E-state index contributed by atoms with van der Waals surface area (Å²) in [6.45, 7) is 5.53. The lowest BCUT2D eigenvalue weighted by Gasteiger charge is -2.26. The molecule has 0 bridgehead atoms. The van der Waals surface area contributed by atoms with Crippen LogP contribution in [0.1, 0.15) is 24.5 Å². The molecule has 13 heavy (non-hydrogen) atoms. The van der Waals surface area contributed by atoms with Crippen molar-refractivity contribution in [2.45, 2.75) is 26.0 Å². The summed E-state index contributed by atoms with van der Waals surface area (Å²) in [6, 6.07) is 2.35. The normalized spacial score (nSPS) is 29.1. The van der Waals surface area contributed by atoms with E-state index in [1.165, 1.54) is 0 Å². The highest BCUT2D eigenvalue weighted by Crippen LogP contribution is 2.19. The SMILES string of the molecule is Cc1cc(C2CNC(C)CO2)no1. The zero-order valence-electron chi connectivity index (χ0n) is 7.91. The Morgan fingerprint density at radius 1 is 1.62 bits per heavy atom. The summed E-state index contributed by atoms with van der Waals surface area (Å²) >= 11 is 0. The van der Waals surface area contributed by atoms with Crippen LogP contribution in [0, 0.1) is 6.92 Å². The minimum absolute atomic E-state index is 0.0497. The largest absolute Gasteiger partial charge is 0.369 e. The predicted octanol–water partition coefficient (Wildman–Crippen LogP) is 1.03. The molecule has 1 fully saturated rings. The highest BCUT2D eigenvalue weighted by Gasteiger charge is 2.22. The van der Waals surface area contributed by atoms with Crippen LogP contribution in [-0.4, -0.2) is 24.4 Å². The number of rotatable bonds is 1. The molecule has 0 radical (unpaired) electrons. The minimum atomic E-state index is 0.0497. The van der Waals surface area contributed by atoms with Gasteiger partial charge in [0.05, 0.1) is 6.61 Å². The van der Waals surface area contributed by atoms with E-state index in [4.69, 9.17) is 9.26 Å². The second-order valence-electron chi connectivity index (χ2n) is 3.49. The van der Waals surface area contributed by atoms with Crippen molar-refractivity contribution in [2.75, 3.05) is 13.2 Å². The van der Waals surface area contributed by atoms with E-state index in [-0.39, 0.29) is 6.10 Å². The lowest BCUT2D eigenvalue weighted by molar-refractivity contribution is 0.00294. The van der Waals surface area contributed by atoms with Crippen LogP contribution >= 0.6 is 0 Å². The fourth-order valence-electron chi connectivity index (χ4n) is 1.41. The number of morpholine rings is 1. The molecule has 2 heterocycles. The molecule has 1 aliphatic heterocycles. The summed E-state index contributed by atoms with van der Waals surface area (Å²) in [4.78, 5) is 0. The van der Waals surface area contributed by atoms with Gasteiger partial charge in [-0.15, -0.1) is 0 Å². The molecule has 4 nitrogen and oxygen atoms in total. The molecule has 0 aliphatic carbocycles. The van der Waals surface area contributed by atoms with E-state index in [2.05, 4.69) is 17.4 Å². The molecule has 1 aliphatic rings. The van der Waals surface area contributed by atoms with Gasteiger partial charge >= 0.3 is 0 Å². The first kappa shape index (κ1) is 8.72. The van der Waals surface area contributed by atoms with Gasteiger partial charge in [-0.05, 0) is 13.8 Å². The van der Waals surface area contributed by atoms with E-state index in [1.807, 2.05) is 13.0 Å². The van der Waals surface area contributed by atoms with Gasteiger partial charge in [-0.3, -0.25) is 0 Å². The maximum absolute atomic E-state index is 5.60. The predicted molar refractivity (Wildman–Crippen MR) is 47.4 cm³/mol. The fourth-order valence-corrected chi connectivity index (χ4v) is 1.41. The van der Waals surface area contributed by atoms with Crippen molar-refractivity contribution in [1.29, 1.82) is 0 Å². The van der Waals surface area contributed by atoms with Gasteiger partial charge < -0.3 is 14.6 Å². The monoisotopic (exact) mass is 182 g/mol. The first-order chi connectivity index (χ1) is 6.25. The highest BCUT2D eigenvalue weighted by atomic mass is 16.5. The molecule has 2 atom stereocenters. The summed E-state index contributed by atoms with van der Waals surface area (Å²) in [7, 11) is 0. The molecule has 1 aromatic heterocycles. The van der Waals surface area contributed by atoms with Crippen LogP contribution in [0.5, 0.6) is 0 Å². The van der Waals surface area contributed by atoms with Gasteiger partial charge in [-0.2, -0.15) is 0 Å². The number of aromatic nitrogens is 1. The summed E-state index contributed by atoms with van der Waals surface area (Å²) in [5.74, 6) is 0.831. The maximum atomic E-state index is 5.60. The van der Waals surface area contributed by atoms with Crippen molar-refractivity contribution < 1.29 is 9.26 Å². The average molecular weight is 182 g/mol. The molecule has 72 valence electrons. The van der Waals surface area contributed by atoms with Crippen LogP contribution in [0.15, 0.2) is 10.6 Å². The summed E-state index contributed by atoms with van der Waals surface area (Å²) in [6.07, 6.45) is 0.0497. The Morgan fingerprint density at radius 2 is 2.46 bits per heavy atom. The number of hydrogen-bond donors (Lipinski definition) is 1. The number of nitrogens with one attached hydrogen (secondary N) is 1. The van der Waals surface area contributed by atoms with Crippen LogP contribution in [0.2, 0.25) is 0 Å². The molecule has 0 saturated carbocycles. The third kappa shape index (κ3) is 1.89. The molecular formula is C9H14N2O2. The van der Waals surface area contributed by atoms with Gasteiger partial charge in [0.25, 0.3) is 0 Å². The molecule has 2 rings (SSSR count). The Balaban J connectivity index is 2.02.